The molecule has 132 valence electrons. The molecule has 0 saturated heterocycles. The fourth-order valence-corrected chi connectivity index (χ4v) is 2.55. The SMILES string of the molecule is COC(=O)c1c2ccccc2[n+](C)c2ccccc12.COS(=O)(=O)[O-]. The number of hydrogen-bond acceptors (Lipinski definition) is 6. The molecule has 0 N–H and O–H groups in total. The molecule has 0 spiro atoms. The molecule has 3 rings (SSSR count). The van der Waals surface area contributed by atoms with E-state index < -0.39 is 10.4 Å². The highest BCUT2D eigenvalue weighted by Gasteiger charge is 2.21. The van der Waals surface area contributed by atoms with Gasteiger partial charge in [0.1, 0.15) is 7.05 Å². The zero-order chi connectivity index (χ0) is 18.6. The third-order valence-corrected chi connectivity index (χ3v) is 4.07. The summed E-state index contributed by atoms with van der Waals surface area (Å²) in [6, 6.07) is 15.7. The second-order valence-electron chi connectivity index (χ2n) is 5.03. The van der Waals surface area contributed by atoms with Gasteiger partial charge in [-0.3, -0.25) is 4.18 Å². The lowest BCUT2D eigenvalue weighted by atomic mass is 10.0. The Morgan fingerprint density at radius 1 is 0.960 bits per heavy atom. The minimum Gasteiger partial charge on any atom is -0.726 e. The van der Waals surface area contributed by atoms with Crippen LogP contribution in [0.2, 0.25) is 0 Å². The molecule has 2 aromatic carbocycles. The molecule has 0 aliphatic carbocycles. The van der Waals surface area contributed by atoms with Gasteiger partial charge in [-0.1, -0.05) is 24.3 Å². The minimum absolute atomic E-state index is 0.298. The molecular weight excluding hydrogens is 346 g/mol. The summed E-state index contributed by atoms with van der Waals surface area (Å²) in [6.45, 7) is 0. The van der Waals surface area contributed by atoms with Gasteiger partial charge in [-0.2, -0.15) is 4.57 Å². The van der Waals surface area contributed by atoms with Crippen molar-refractivity contribution in [1.82, 2.24) is 0 Å². The number of ether oxygens (including phenoxy) is 1. The summed E-state index contributed by atoms with van der Waals surface area (Å²) in [4.78, 5) is 12.1. The molecule has 7 nitrogen and oxygen atoms in total. The number of aryl methyl sites for hydroxylation is 1. The first-order chi connectivity index (χ1) is 11.8. The molecule has 1 heterocycles. The molecule has 0 atom stereocenters. The van der Waals surface area contributed by atoms with Crippen molar-refractivity contribution in [3.8, 4) is 0 Å². The Kier molecular flexibility index (Phi) is 5.68. The maximum absolute atomic E-state index is 12.1. The number of methoxy groups -OCH3 is 1. The van der Waals surface area contributed by atoms with E-state index in [1.807, 2.05) is 55.6 Å². The summed E-state index contributed by atoms with van der Waals surface area (Å²) in [5, 5.41) is 1.83. The van der Waals surface area contributed by atoms with Gasteiger partial charge in [0.2, 0.25) is 21.4 Å². The molecule has 3 aromatic rings. The van der Waals surface area contributed by atoms with Gasteiger partial charge in [-0.05, 0) is 12.1 Å². The zero-order valence-corrected chi connectivity index (χ0v) is 14.7. The van der Waals surface area contributed by atoms with Crippen LogP contribution in [0.25, 0.3) is 21.8 Å². The van der Waals surface area contributed by atoms with Crippen LogP contribution in [0, 0.1) is 0 Å². The van der Waals surface area contributed by atoms with Gasteiger partial charge in [0.25, 0.3) is 0 Å². The van der Waals surface area contributed by atoms with Crippen molar-refractivity contribution in [3.05, 3.63) is 54.1 Å². The van der Waals surface area contributed by atoms with Gasteiger partial charge in [-0.25, -0.2) is 13.2 Å². The highest BCUT2D eigenvalue weighted by atomic mass is 32.3. The normalized spacial score (nSPS) is 11.0. The number of para-hydroxylation sites is 2. The average molecular weight is 363 g/mol. The van der Waals surface area contributed by atoms with E-state index in [1.165, 1.54) is 7.11 Å². The summed E-state index contributed by atoms with van der Waals surface area (Å²) < 4.78 is 38.1. The van der Waals surface area contributed by atoms with E-state index in [1.54, 1.807) is 0 Å². The van der Waals surface area contributed by atoms with Crippen LogP contribution < -0.4 is 4.57 Å². The first kappa shape index (κ1) is 18.8. The predicted molar refractivity (Wildman–Crippen MR) is 90.7 cm³/mol. The van der Waals surface area contributed by atoms with Gasteiger partial charge in [-0.15, -0.1) is 0 Å². The second-order valence-corrected chi connectivity index (χ2v) is 6.18. The Morgan fingerprint density at radius 3 is 1.72 bits per heavy atom. The van der Waals surface area contributed by atoms with E-state index in [9.17, 15) is 17.8 Å². The van der Waals surface area contributed by atoms with Crippen LogP contribution in [0.4, 0.5) is 0 Å². The Labute approximate surface area is 145 Å². The Hall–Kier alpha value is -2.55. The monoisotopic (exact) mass is 363 g/mol. The maximum atomic E-state index is 12.1. The highest BCUT2D eigenvalue weighted by molar-refractivity contribution is 7.80. The lowest BCUT2D eigenvalue weighted by Gasteiger charge is -2.08. The van der Waals surface area contributed by atoms with Crippen molar-refractivity contribution in [3.63, 3.8) is 0 Å². The van der Waals surface area contributed by atoms with Crippen LogP contribution in [0.5, 0.6) is 0 Å². The molecule has 8 heteroatoms. The van der Waals surface area contributed by atoms with E-state index >= 15 is 0 Å². The van der Waals surface area contributed by atoms with Gasteiger partial charge in [0.05, 0.1) is 30.6 Å². The molecule has 0 amide bonds. The second kappa shape index (κ2) is 7.56. The summed E-state index contributed by atoms with van der Waals surface area (Å²) >= 11 is 0. The zero-order valence-electron chi connectivity index (χ0n) is 13.9. The van der Waals surface area contributed by atoms with Gasteiger partial charge in [0.15, 0.2) is 0 Å². The Bertz CT molecular complexity index is 973. The summed E-state index contributed by atoms with van der Waals surface area (Å²) in [5.74, 6) is -0.298. The number of fused-ring (bicyclic) bond motifs is 2. The highest BCUT2D eigenvalue weighted by Crippen LogP contribution is 2.24. The Morgan fingerprint density at radius 2 is 1.36 bits per heavy atom. The smallest absolute Gasteiger partial charge is 0.339 e. The largest absolute Gasteiger partial charge is 0.726 e. The fraction of sp³-hybridized carbons (Fsp3) is 0.176. The topological polar surface area (TPSA) is 96.6 Å². The number of esters is 1. The molecule has 0 unspecified atom stereocenters. The molecule has 25 heavy (non-hydrogen) atoms. The van der Waals surface area contributed by atoms with E-state index in [2.05, 4.69) is 8.75 Å². The average Bonchev–Trinajstić information content (AvgIpc) is 2.62. The molecule has 0 radical (unpaired) electrons. The first-order valence-corrected chi connectivity index (χ1v) is 8.52. The molecule has 0 aliphatic rings. The van der Waals surface area contributed by atoms with Crippen LogP contribution in [-0.2, 0) is 26.4 Å². The van der Waals surface area contributed by atoms with Crippen LogP contribution >= 0.6 is 0 Å². The molecule has 1 aromatic heterocycles. The third kappa shape index (κ3) is 4.11. The number of pyridine rings is 1. The number of aromatic nitrogens is 1. The van der Waals surface area contributed by atoms with Gasteiger partial charge in [0, 0.05) is 12.1 Å². The summed E-state index contributed by atoms with van der Waals surface area (Å²) in [6.07, 6.45) is 0. The third-order valence-electron chi connectivity index (χ3n) is 3.66. The lowest BCUT2D eigenvalue weighted by molar-refractivity contribution is -0.617. The van der Waals surface area contributed by atoms with Crippen molar-refractivity contribution < 1.29 is 31.3 Å². The van der Waals surface area contributed by atoms with Crippen LogP contribution in [0.1, 0.15) is 10.4 Å². The molecule has 0 saturated carbocycles. The van der Waals surface area contributed by atoms with E-state index in [0.29, 0.717) is 5.56 Å². The van der Waals surface area contributed by atoms with E-state index in [0.717, 1.165) is 28.9 Å². The quantitative estimate of drug-likeness (QED) is 0.226. The van der Waals surface area contributed by atoms with Gasteiger partial charge < -0.3 is 9.29 Å². The van der Waals surface area contributed by atoms with E-state index in [4.69, 9.17) is 4.74 Å². The minimum atomic E-state index is -4.41. The predicted octanol–water partition coefficient (Wildman–Crippen LogP) is 1.70. The molecule has 0 fully saturated rings. The lowest BCUT2D eigenvalue weighted by Crippen LogP contribution is -2.31. The van der Waals surface area contributed by atoms with Crippen molar-refractivity contribution in [2.24, 2.45) is 7.05 Å². The van der Waals surface area contributed by atoms with Crippen molar-refractivity contribution in [1.29, 1.82) is 0 Å². The molecule has 0 bridgehead atoms. The van der Waals surface area contributed by atoms with Crippen LogP contribution in [0.3, 0.4) is 0 Å². The van der Waals surface area contributed by atoms with Gasteiger partial charge >= 0.3 is 5.97 Å². The standard InChI is InChI=1S/C16H14NO2.CH4O4S/c1-17-13-9-5-3-7-11(13)15(16(18)19-2)12-8-4-6-10-14(12)17;1-5-6(2,3)4/h3-10H,1-2H3;1H3,(H,2,3,4)/q+1;/p-1. The molecule has 0 aliphatic heterocycles. The number of rotatable bonds is 2. The Balaban J connectivity index is 0.000000326. The number of carbonyl (C=O) groups excluding carboxylic acids is 1. The first-order valence-electron chi connectivity index (χ1n) is 7.19. The maximum Gasteiger partial charge on any atom is 0.339 e. The number of hydrogen-bond donors (Lipinski definition) is 0. The number of benzene rings is 2. The molecular formula is C17H17NO6S. The van der Waals surface area contributed by atoms with Crippen LogP contribution in [-0.4, -0.2) is 33.2 Å². The van der Waals surface area contributed by atoms with E-state index in [-0.39, 0.29) is 5.97 Å². The fourth-order valence-electron chi connectivity index (χ4n) is 2.55. The van der Waals surface area contributed by atoms with Crippen molar-refractivity contribution in [2.45, 2.75) is 0 Å². The van der Waals surface area contributed by atoms with Crippen molar-refractivity contribution >= 4 is 38.2 Å². The number of carbonyl (C=O) groups is 1. The number of nitrogens with zero attached hydrogens (tertiary/aromatic N) is 1. The summed E-state index contributed by atoms with van der Waals surface area (Å²) in [5.41, 5.74) is 2.66. The van der Waals surface area contributed by atoms with Crippen molar-refractivity contribution in [2.75, 3.05) is 14.2 Å². The van der Waals surface area contributed by atoms with Crippen LogP contribution in [0.15, 0.2) is 48.5 Å². The summed E-state index contributed by atoms with van der Waals surface area (Å²) in [7, 11) is -0.183.